The van der Waals surface area contributed by atoms with Gasteiger partial charge in [-0.2, -0.15) is 0 Å². The van der Waals surface area contributed by atoms with Crippen molar-refractivity contribution in [3.8, 4) is 11.6 Å². The van der Waals surface area contributed by atoms with Gasteiger partial charge in [-0.15, -0.1) is 0 Å². The van der Waals surface area contributed by atoms with Crippen molar-refractivity contribution >= 4 is 5.69 Å². The second-order valence-corrected chi connectivity index (χ2v) is 4.71. The molecule has 0 amide bonds. The summed E-state index contributed by atoms with van der Waals surface area (Å²) in [6, 6.07) is 9.23. The normalized spacial score (nSPS) is 10.4. The molecule has 112 valence electrons. The molecule has 21 heavy (non-hydrogen) atoms. The molecule has 5 nitrogen and oxygen atoms in total. The summed E-state index contributed by atoms with van der Waals surface area (Å²) in [6.07, 6.45) is 1.70. The molecule has 0 spiro atoms. The van der Waals surface area contributed by atoms with E-state index in [4.69, 9.17) is 9.47 Å². The van der Waals surface area contributed by atoms with Crippen molar-refractivity contribution < 1.29 is 14.6 Å². The van der Waals surface area contributed by atoms with Gasteiger partial charge >= 0.3 is 0 Å². The number of hydrogen-bond donors (Lipinski definition) is 2. The maximum atomic E-state index is 9.79. The Hall–Kier alpha value is -2.27. The van der Waals surface area contributed by atoms with Gasteiger partial charge in [0.05, 0.1) is 18.5 Å². The van der Waals surface area contributed by atoms with Crippen LogP contribution in [0.1, 0.15) is 11.1 Å². The van der Waals surface area contributed by atoms with E-state index in [9.17, 15) is 5.11 Å². The van der Waals surface area contributed by atoms with Crippen molar-refractivity contribution in [3.05, 3.63) is 47.7 Å². The fraction of sp³-hybridized carbons (Fsp3) is 0.312. The van der Waals surface area contributed by atoms with Crippen LogP contribution in [-0.2, 0) is 11.3 Å². The van der Waals surface area contributed by atoms with Crippen LogP contribution < -0.4 is 10.1 Å². The molecule has 1 aromatic carbocycles. The number of methoxy groups -OCH3 is 1. The van der Waals surface area contributed by atoms with Crippen LogP contribution in [0.4, 0.5) is 5.69 Å². The standard InChI is InChI=1S/C16H20N2O3/c1-12-3-5-15(19)13(9-12)10-17-14-4-6-16(18-11-14)21-8-7-20-2/h3-6,9,11,17,19H,7-8,10H2,1-2H3. The molecule has 0 unspecified atom stereocenters. The second-order valence-electron chi connectivity index (χ2n) is 4.71. The second kappa shape index (κ2) is 7.50. The number of aromatic nitrogens is 1. The lowest BCUT2D eigenvalue weighted by atomic mass is 10.1. The lowest BCUT2D eigenvalue weighted by Gasteiger charge is -2.09. The van der Waals surface area contributed by atoms with Crippen molar-refractivity contribution in [2.45, 2.75) is 13.5 Å². The SMILES string of the molecule is COCCOc1ccc(NCc2cc(C)ccc2O)cn1. The first kappa shape index (κ1) is 15.1. The Morgan fingerprint density at radius 1 is 1.19 bits per heavy atom. The summed E-state index contributed by atoms with van der Waals surface area (Å²) in [5.74, 6) is 0.858. The molecule has 1 heterocycles. The Bertz CT molecular complexity index is 570. The molecule has 0 saturated carbocycles. The number of ether oxygens (including phenoxy) is 2. The zero-order chi connectivity index (χ0) is 15.1. The van der Waals surface area contributed by atoms with Gasteiger partial charge in [-0.3, -0.25) is 0 Å². The van der Waals surface area contributed by atoms with Gasteiger partial charge < -0.3 is 19.9 Å². The van der Waals surface area contributed by atoms with Crippen LogP contribution in [0.5, 0.6) is 11.6 Å². The molecular weight excluding hydrogens is 268 g/mol. The third-order valence-electron chi connectivity index (χ3n) is 2.99. The summed E-state index contributed by atoms with van der Waals surface area (Å²) in [7, 11) is 1.63. The highest BCUT2D eigenvalue weighted by atomic mass is 16.5. The van der Waals surface area contributed by atoms with Crippen molar-refractivity contribution in [3.63, 3.8) is 0 Å². The summed E-state index contributed by atoms with van der Waals surface area (Å²) in [6.45, 7) is 3.55. The molecule has 0 aliphatic heterocycles. The van der Waals surface area contributed by atoms with E-state index in [-0.39, 0.29) is 0 Å². The Morgan fingerprint density at radius 3 is 2.76 bits per heavy atom. The maximum Gasteiger partial charge on any atom is 0.213 e. The van der Waals surface area contributed by atoms with E-state index in [1.807, 2.05) is 25.1 Å². The highest BCUT2D eigenvalue weighted by Crippen LogP contribution is 2.20. The minimum absolute atomic E-state index is 0.292. The first-order valence-corrected chi connectivity index (χ1v) is 6.79. The van der Waals surface area contributed by atoms with Crippen LogP contribution in [0.2, 0.25) is 0 Å². The summed E-state index contributed by atoms with van der Waals surface area (Å²) >= 11 is 0. The zero-order valence-electron chi connectivity index (χ0n) is 12.3. The van der Waals surface area contributed by atoms with E-state index in [0.29, 0.717) is 31.4 Å². The van der Waals surface area contributed by atoms with Crippen molar-refractivity contribution in [2.75, 3.05) is 25.6 Å². The molecule has 1 aromatic heterocycles. The monoisotopic (exact) mass is 288 g/mol. The minimum Gasteiger partial charge on any atom is -0.508 e. The quantitative estimate of drug-likeness (QED) is 0.767. The topological polar surface area (TPSA) is 63.6 Å². The minimum atomic E-state index is 0.292. The fourth-order valence-electron chi connectivity index (χ4n) is 1.85. The molecule has 0 atom stereocenters. The van der Waals surface area contributed by atoms with Gasteiger partial charge in [0.15, 0.2) is 0 Å². The largest absolute Gasteiger partial charge is 0.508 e. The first-order valence-electron chi connectivity index (χ1n) is 6.79. The lowest BCUT2D eigenvalue weighted by Crippen LogP contribution is -2.05. The average molecular weight is 288 g/mol. The van der Waals surface area contributed by atoms with Crippen molar-refractivity contribution in [1.29, 1.82) is 0 Å². The van der Waals surface area contributed by atoms with Gasteiger partial charge in [0, 0.05) is 25.3 Å². The molecule has 0 aliphatic carbocycles. The number of nitrogens with one attached hydrogen (secondary N) is 1. The van der Waals surface area contributed by atoms with Gasteiger partial charge in [-0.05, 0) is 19.1 Å². The Labute approximate surface area is 124 Å². The summed E-state index contributed by atoms with van der Waals surface area (Å²) in [5.41, 5.74) is 2.84. The van der Waals surface area contributed by atoms with Crippen LogP contribution in [-0.4, -0.2) is 30.4 Å². The first-order chi connectivity index (χ1) is 10.2. The predicted molar refractivity (Wildman–Crippen MR) is 81.8 cm³/mol. The van der Waals surface area contributed by atoms with E-state index in [2.05, 4.69) is 10.3 Å². The van der Waals surface area contributed by atoms with E-state index in [1.165, 1.54) is 0 Å². The number of benzene rings is 1. The molecule has 5 heteroatoms. The van der Waals surface area contributed by atoms with Crippen LogP contribution in [0.15, 0.2) is 36.5 Å². The fourth-order valence-corrected chi connectivity index (χ4v) is 1.85. The number of phenols is 1. The van der Waals surface area contributed by atoms with Gasteiger partial charge in [-0.25, -0.2) is 4.98 Å². The Balaban J connectivity index is 1.90. The van der Waals surface area contributed by atoms with Gasteiger partial charge in [0.1, 0.15) is 12.4 Å². The van der Waals surface area contributed by atoms with Gasteiger partial charge in [0.25, 0.3) is 0 Å². The van der Waals surface area contributed by atoms with Gasteiger partial charge in [0.2, 0.25) is 5.88 Å². The van der Waals surface area contributed by atoms with Crippen LogP contribution >= 0.6 is 0 Å². The number of pyridine rings is 1. The van der Waals surface area contributed by atoms with E-state index in [1.54, 1.807) is 25.4 Å². The maximum absolute atomic E-state index is 9.79. The smallest absolute Gasteiger partial charge is 0.213 e. The number of phenolic OH excluding ortho intramolecular Hbond substituents is 1. The van der Waals surface area contributed by atoms with Crippen LogP contribution in [0, 0.1) is 6.92 Å². The molecule has 2 rings (SSSR count). The molecule has 0 aliphatic rings. The Kier molecular flexibility index (Phi) is 5.40. The molecular formula is C16H20N2O3. The van der Waals surface area contributed by atoms with E-state index >= 15 is 0 Å². The average Bonchev–Trinajstić information content (AvgIpc) is 2.50. The van der Waals surface area contributed by atoms with Crippen molar-refractivity contribution in [1.82, 2.24) is 4.98 Å². The molecule has 0 saturated heterocycles. The summed E-state index contributed by atoms with van der Waals surface area (Å²) in [5, 5.41) is 13.0. The molecule has 0 fully saturated rings. The number of hydrogen-bond acceptors (Lipinski definition) is 5. The number of aryl methyl sites for hydroxylation is 1. The zero-order valence-corrected chi connectivity index (χ0v) is 12.3. The predicted octanol–water partition coefficient (Wildman–Crippen LogP) is 2.73. The summed E-state index contributed by atoms with van der Waals surface area (Å²) in [4.78, 5) is 4.20. The number of nitrogens with zero attached hydrogens (tertiary/aromatic N) is 1. The Morgan fingerprint density at radius 2 is 2.05 bits per heavy atom. The van der Waals surface area contributed by atoms with Gasteiger partial charge in [-0.1, -0.05) is 17.7 Å². The van der Waals surface area contributed by atoms with Crippen molar-refractivity contribution in [2.24, 2.45) is 0 Å². The molecule has 0 bridgehead atoms. The molecule has 2 N–H and O–H groups in total. The number of rotatable bonds is 7. The molecule has 0 radical (unpaired) electrons. The van der Waals surface area contributed by atoms with E-state index in [0.717, 1.165) is 16.8 Å². The summed E-state index contributed by atoms with van der Waals surface area (Å²) < 4.78 is 10.3. The lowest BCUT2D eigenvalue weighted by molar-refractivity contribution is 0.144. The highest BCUT2D eigenvalue weighted by molar-refractivity contribution is 5.45. The van der Waals surface area contributed by atoms with Crippen LogP contribution in [0.3, 0.4) is 0 Å². The molecule has 2 aromatic rings. The third kappa shape index (κ3) is 4.65. The van der Waals surface area contributed by atoms with Crippen LogP contribution in [0.25, 0.3) is 0 Å². The highest BCUT2D eigenvalue weighted by Gasteiger charge is 2.02. The number of aromatic hydroxyl groups is 1. The number of anilines is 1. The van der Waals surface area contributed by atoms with E-state index < -0.39 is 0 Å². The third-order valence-corrected chi connectivity index (χ3v) is 2.99.